The quantitative estimate of drug-likeness (QED) is 0.160. The molecule has 0 unspecified atom stereocenters. The third kappa shape index (κ3) is 5.56. The van der Waals surface area contributed by atoms with Crippen molar-refractivity contribution in [2.45, 2.75) is 17.8 Å². The number of anilines is 3. The summed E-state index contributed by atoms with van der Waals surface area (Å²) in [4.78, 5) is 2.45. The van der Waals surface area contributed by atoms with Crippen LogP contribution in [0, 0.1) is 0 Å². The number of benzene rings is 11. The summed E-state index contributed by atoms with van der Waals surface area (Å²) in [6, 6.07) is 93.0. The van der Waals surface area contributed by atoms with Crippen LogP contribution in [-0.2, 0) is 10.8 Å². The van der Waals surface area contributed by atoms with Gasteiger partial charge in [0, 0.05) is 44.1 Å². The van der Waals surface area contributed by atoms with E-state index < -0.39 is 10.8 Å². The number of para-hydroxylation sites is 3. The minimum Gasteiger partial charge on any atom is -0.456 e. The summed E-state index contributed by atoms with van der Waals surface area (Å²) < 4.78 is 13.8. The summed E-state index contributed by atoms with van der Waals surface area (Å²) in [6.07, 6.45) is 0. The van der Waals surface area contributed by atoms with Gasteiger partial charge in [-0.15, -0.1) is 0 Å². The number of rotatable bonds is 7. The molecule has 0 atom stereocenters. The molecule has 0 N–H and O–H groups in total. The van der Waals surface area contributed by atoms with Gasteiger partial charge in [0.05, 0.1) is 16.5 Å². The third-order valence-electron chi connectivity index (χ3n) is 16.0. The summed E-state index contributed by atoms with van der Waals surface area (Å²) in [5.41, 5.74) is 21.5. The maximum Gasteiger partial charge on any atom is 0.143 e. The number of fused-ring (bicyclic) bond motifs is 12. The number of hydrogen-bond donors (Lipinski definition) is 0. The number of nitrogens with zero attached hydrogens (tertiary/aromatic N) is 1. The van der Waals surface area contributed by atoms with E-state index >= 15 is 0 Å². The van der Waals surface area contributed by atoms with Crippen molar-refractivity contribution in [1.29, 1.82) is 0 Å². The summed E-state index contributed by atoms with van der Waals surface area (Å²) in [6.45, 7) is 2.37. The van der Waals surface area contributed by atoms with Gasteiger partial charge >= 0.3 is 0 Å². The molecule has 13 aromatic rings. The Balaban J connectivity index is 0.978. The van der Waals surface area contributed by atoms with Crippen LogP contribution in [0.25, 0.3) is 77.3 Å². The van der Waals surface area contributed by atoms with E-state index in [0.717, 1.165) is 77.6 Å². The lowest BCUT2D eigenvalue weighted by Gasteiger charge is -2.35. The van der Waals surface area contributed by atoms with Crippen molar-refractivity contribution in [3.8, 4) is 33.4 Å². The van der Waals surface area contributed by atoms with E-state index in [9.17, 15) is 0 Å². The Labute approximate surface area is 417 Å². The molecule has 3 heteroatoms. The van der Waals surface area contributed by atoms with Gasteiger partial charge in [0.25, 0.3) is 0 Å². The Hall–Kier alpha value is -9.18. The molecule has 0 saturated heterocycles. The zero-order chi connectivity index (χ0) is 47.5. The van der Waals surface area contributed by atoms with Crippen molar-refractivity contribution in [2.24, 2.45) is 0 Å². The lowest BCUT2D eigenvalue weighted by molar-refractivity contribution is 0.638. The van der Waals surface area contributed by atoms with Gasteiger partial charge < -0.3 is 13.7 Å². The van der Waals surface area contributed by atoms with Crippen molar-refractivity contribution in [3.05, 3.63) is 294 Å². The minimum absolute atomic E-state index is 0.438. The lowest BCUT2D eigenvalue weighted by atomic mass is 9.67. The predicted octanol–water partition coefficient (Wildman–Crippen LogP) is 18.3. The van der Waals surface area contributed by atoms with Crippen LogP contribution in [0.15, 0.2) is 264 Å². The zero-order valence-electron chi connectivity index (χ0n) is 39.5. The molecule has 2 aliphatic carbocycles. The molecule has 0 amide bonds. The molecule has 0 spiro atoms. The van der Waals surface area contributed by atoms with E-state index in [4.69, 9.17) is 8.83 Å². The fourth-order valence-electron chi connectivity index (χ4n) is 12.9. The molecule has 0 aliphatic heterocycles. The molecule has 11 aromatic carbocycles. The van der Waals surface area contributed by atoms with Gasteiger partial charge in [0.2, 0.25) is 0 Å². The summed E-state index contributed by atoms with van der Waals surface area (Å²) >= 11 is 0. The van der Waals surface area contributed by atoms with Crippen LogP contribution in [0.4, 0.5) is 17.1 Å². The molecule has 338 valence electrons. The second-order valence-electron chi connectivity index (χ2n) is 19.6. The van der Waals surface area contributed by atoms with Gasteiger partial charge in [-0.3, -0.25) is 0 Å². The molecule has 2 aliphatic rings. The molecule has 0 fully saturated rings. The Morgan fingerprint density at radius 2 is 0.833 bits per heavy atom. The molecule has 2 heterocycles. The van der Waals surface area contributed by atoms with E-state index in [0.29, 0.717) is 0 Å². The van der Waals surface area contributed by atoms with Crippen LogP contribution >= 0.6 is 0 Å². The highest BCUT2D eigenvalue weighted by Crippen LogP contribution is 2.59. The molecule has 3 nitrogen and oxygen atoms in total. The fourth-order valence-corrected chi connectivity index (χ4v) is 12.9. The predicted molar refractivity (Wildman–Crippen MR) is 296 cm³/mol. The van der Waals surface area contributed by atoms with Crippen LogP contribution in [-0.4, -0.2) is 0 Å². The van der Waals surface area contributed by atoms with Crippen LogP contribution in [0.2, 0.25) is 0 Å². The average Bonchev–Trinajstić information content (AvgIpc) is 4.18. The van der Waals surface area contributed by atoms with E-state index in [1.54, 1.807) is 0 Å². The minimum atomic E-state index is -0.572. The van der Waals surface area contributed by atoms with Crippen molar-refractivity contribution in [2.75, 3.05) is 4.90 Å². The van der Waals surface area contributed by atoms with E-state index in [1.165, 1.54) is 55.6 Å². The fraction of sp³-hybridized carbons (Fsp3) is 0.0435. The SMILES string of the molecule is CC1(c2cccc3c2oc2cccc(N(c4ccc(-c5cccc6c5oc5ccccc56)cc4)c4ccc5c(c4)C(c4ccccc4)(c4ccccc4)c4ccccc4-5)c23)c2ccccc2-c2ccccc21. The van der Waals surface area contributed by atoms with Crippen molar-refractivity contribution in [1.82, 2.24) is 0 Å². The maximum absolute atomic E-state index is 7.22. The van der Waals surface area contributed by atoms with Crippen LogP contribution in [0.5, 0.6) is 0 Å². The molecule has 0 bridgehead atoms. The van der Waals surface area contributed by atoms with Gasteiger partial charge in [-0.05, 0) is 111 Å². The standard InChI is InChI=1S/C69H45NO2/c1-68(57-30-12-8-23-50(57)51-24-9-13-31-58(51)68)60-33-17-29-56-65-62(34-18-36-64(65)72-67(56)60)70(47-39-37-44(38-40-47)49-27-16-28-55-54-26-11-15-35-63(54)71-66(49)55)48-41-42-53-52-25-10-14-32-59(52)69(61(53)43-48,45-19-4-2-5-20-45)46-21-6-3-7-22-46/h2-43H,1H3. The Kier molecular flexibility index (Phi) is 8.71. The van der Waals surface area contributed by atoms with E-state index in [2.05, 4.69) is 261 Å². The smallest absolute Gasteiger partial charge is 0.143 e. The maximum atomic E-state index is 7.22. The highest BCUT2D eigenvalue weighted by Gasteiger charge is 2.47. The van der Waals surface area contributed by atoms with E-state index in [-0.39, 0.29) is 0 Å². The molecular formula is C69H45NO2. The van der Waals surface area contributed by atoms with Gasteiger partial charge in [0.1, 0.15) is 22.3 Å². The molecule has 0 saturated carbocycles. The molecule has 15 rings (SSSR count). The number of furan rings is 2. The second kappa shape index (κ2) is 15.4. The normalized spacial score (nSPS) is 13.8. The first kappa shape index (κ1) is 40.7. The molecule has 0 radical (unpaired) electrons. The molecular weight excluding hydrogens is 875 g/mol. The Morgan fingerprint density at radius 3 is 1.56 bits per heavy atom. The Bertz CT molecular complexity index is 4210. The first-order valence-corrected chi connectivity index (χ1v) is 24.9. The average molecular weight is 920 g/mol. The van der Waals surface area contributed by atoms with Gasteiger partial charge in [-0.1, -0.05) is 212 Å². The number of hydrogen-bond acceptors (Lipinski definition) is 3. The topological polar surface area (TPSA) is 29.5 Å². The molecule has 2 aromatic heterocycles. The lowest BCUT2D eigenvalue weighted by Crippen LogP contribution is -2.28. The molecule has 72 heavy (non-hydrogen) atoms. The van der Waals surface area contributed by atoms with Gasteiger partial charge in [-0.25, -0.2) is 0 Å². The zero-order valence-corrected chi connectivity index (χ0v) is 39.5. The third-order valence-corrected chi connectivity index (χ3v) is 16.0. The largest absolute Gasteiger partial charge is 0.456 e. The van der Waals surface area contributed by atoms with Crippen LogP contribution in [0.3, 0.4) is 0 Å². The van der Waals surface area contributed by atoms with E-state index in [1.807, 2.05) is 6.07 Å². The van der Waals surface area contributed by atoms with Crippen LogP contribution in [0.1, 0.15) is 45.9 Å². The first-order valence-electron chi connectivity index (χ1n) is 24.9. The van der Waals surface area contributed by atoms with Crippen molar-refractivity contribution in [3.63, 3.8) is 0 Å². The monoisotopic (exact) mass is 919 g/mol. The highest BCUT2D eigenvalue weighted by atomic mass is 16.3. The summed E-state index contributed by atoms with van der Waals surface area (Å²) in [7, 11) is 0. The summed E-state index contributed by atoms with van der Waals surface area (Å²) in [5.74, 6) is 0. The highest BCUT2D eigenvalue weighted by molar-refractivity contribution is 6.15. The van der Waals surface area contributed by atoms with Gasteiger partial charge in [0.15, 0.2) is 0 Å². The van der Waals surface area contributed by atoms with Gasteiger partial charge in [-0.2, -0.15) is 0 Å². The van der Waals surface area contributed by atoms with Crippen molar-refractivity contribution >= 4 is 60.9 Å². The first-order chi connectivity index (χ1) is 35.6. The Morgan fingerprint density at radius 1 is 0.333 bits per heavy atom. The summed E-state index contributed by atoms with van der Waals surface area (Å²) in [5, 5.41) is 4.38. The van der Waals surface area contributed by atoms with Crippen molar-refractivity contribution < 1.29 is 8.83 Å². The van der Waals surface area contributed by atoms with Crippen LogP contribution < -0.4 is 4.90 Å². The second-order valence-corrected chi connectivity index (χ2v) is 19.6.